The Bertz CT molecular complexity index is 1180. The Balaban J connectivity index is 1.40. The topological polar surface area (TPSA) is 84.9 Å². The highest BCUT2D eigenvalue weighted by atomic mass is 32.2. The molecule has 0 saturated carbocycles. The Morgan fingerprint density at radius 2 is 1.72 bits per heavy atom. The van der Waals surface area contributed by atoms with Crippen molar-refractivity contribution in [1.82, 2.24) is 0 Å². The van der Waals surface area contributed by atoms with Crippen molar-refractivity contribution in [1.29, 1.82) is 0 Å². The fourth-order valence-corrected chi connectivity index (χ4v) is 4.40. The Kier molecular flexibility index (Phi) is 6.32. The summed E-state index contributed by atoms with van der Waals surface area (Å²) in [5.74, 6) is 0.712. The highest BCUT2D eigenvalue weighted by Gasteiger charge is 2.31. The number of para-hydroxylation sites is 2. The van der Waals surface area contributed by atoms with Gasteiger partial charge in [-0.25, -0.2) is 8.42 Å². The molecule has 0 spiro atoms. The normalized spacial score (nSPS) is 15.8. The molecular weight excluding hydrogens is 428 g/mol. The van der Waals surface area contributed by atoms with Gasteiger partial charge in [-0.15, -0.1) is 0 Å². The highest BCUT2D eigenvalue weighted by molar-refractivity contribution is 7.92. The van der Waals surface area contributed by atoms with Crippen molar-refractivity contribution >= 4 is 27.3 Å². The van der Waals surface area contributed by atoms with Crippen molar-refractivity contribution in [2.75, 3.05) is 22.4 Å². The molecule has 0 aliphatic carbocycles. The lowest BCUT2D eigenvalue weighted by atomic mass is 10.2. The van der Waals surface area contributed by atoms with Crippen LogP contribution in [0.3, 0.4) is 0 Å². The number of hydrogen-bond acceptors (Lipinski definition) is 5. The number of benzene rings is 3. The number of carbonyl (C=O) groups excluding carboxylic acids is 1. The second-order valence-corrected chi connectivity index (χ2v) is 9.39. The van der Waals surface area contributed by atoms with Crippen LogP contribution in [0, 0.1) is 0 Å². The molecule has 8 heteroatoms. The average molecular weight is 453 g/mol. The smallest absolute Gasteiger partial charge is 0.265 e. The molecule has 1 N–H and O–H groups in total. The maximum absolute atomic E-state index is 12.8. The molecule has 1 amide bonds. The number of carbonyl (C=O) groups is 1. The first kappa shape index (κ1) is 21.7. The lowest BCUT2D eigenvalue weighted by molar-refractivity contribution is -0.122. The molecule has 4 rings (SSSR count). The SMILES string of the molecule is CS(=O)(=O)N1CC[C@H](C(=O)Nc2ccc(OCc3ccccc3)cc2)Oc2ccccc21. The van der Waals surface area contributed by atoms with Crippen LogP contribution >= 0.6 is 0 Å². The van der Waals surface area contributed by atoms with Crippen LogP contribution in [0.25, 0.3) is 0 Å². The largest absolute Gasteiger partial charge is 0.489 e. The van der Waals surface area contributed by atoms with Crippen molar-refractivity contribution in [2.24, 2.45) is 0 Å². The van der Waals surface area contributed by atoms with Crippen molar-refractivity contribution in [3.05, 3.63) is 84.4 Å². The summed E-state index contributed by atoms with van der Waals surface area (Å²) in [7, 11) is -3.49. The van der Waals surface area contributed by atoms with Gasteiger partial charge in [0.25, 0.3) is 5.91 Å². The molecule has 1 atom stereocenters. The van der Waals surface area contributed by atoms with E-state index in [1.807, 2.05) is 30.3 Å². The van der Waals surface area contributed by atoms with Gasteiger partial charge in [0.2, 0.25) is 10.0 Å². The number of anilines is 2. The minimum absolute atomic E-state index is 0.153. The van der Waals surface area contributed by atoms with E-state index >= 15 is 0 Å². The van der Waals surface area contributed by atoms with Crippen molar-refractivity contribution in [2.45, 2.75) is 19.1 Å². The molecule has 0 unspecified atom stereocenters. The van der Waals surface area contributed by atoms with E-state index in [9.17, 15) is 13.2 Å². The van der Waals surface area contributed by atoms with Crippen LogP contribution in [0.2, 0.25) is 0 Å². The summed E-state index contributed by atoms with van der Waals surface area (Å²) in [6.45, 7) is 0.610. The third kappa shape index (κ3) is 5.20. The predicted octanol–water partition coefficient (Wildman–Crippen LogP) is 3.82. The average Bonchev–Trinajstić information content (AvgIpc) is 2.99. The molecule has 0 aromatic heterocycles. The Hall–Kier alpha value is -3.52. The Labute approximate surface area is 187 Å². The Morgan fingerprint density at radius 3 is 2.44 bits per heavy atom. The van der Waals surface area contributed by atoms with Gasteiger partial charge >= 0.3 is 0 Å². The predicted molar refractivity (Wildman–Crippen MR) is 124 cm³/mol. The molecule has 3 aromatic rings. The number of nitrogens with zero attached hydrogens (tertiary/aromatic N) is 1. The number of sulfonamides is 1. The van der Waals surface area contributed by atoms with E-state index in [2.05, 4.69) is 5.32 Å². The van der Waals surface area contributed by atoms with Gasteiger partial charge in [0.05, 0.1) is 11.9 Å². The molecule has 1 aliphatic rings. The van der Waals surface area contributed by atoms with E-state index in [1.54, 1.807) is 48.5 Å². The molecule has 7 nitrogen and oxygen atoms in total. The monoisotopic (exact) mass is 452 g/mol. The fraction of sp³-hybridized carbons (Fsp3) is 0.208. The molecular formula is C24H24N2O5S. The van der Waals surface area contributed by atoms with Crippen LogP contribution in [-0.4, -0.2) is 33.2 Å². The summed E-state index contributed by atoms with van der Waals surface area (Å²) in [5, 5.41) is 2.84. The van der Waals surface area contributed by atoms with E-state index < -0.39 is 16.1 Å². The van der Waals surface area contributed by atoms with Crippen LogP contribution in [0.5, 0.6) is 11.5 Å². The number of rotatable bonds is 6. The molecule has 166 valence electrons. The summed E-state index contributed by atoms with van der Waals surface area (Å²) in [5.41, 5.74) is 2.10. The maximum atomic E-state index is 12.8. The minimum Gasteiger partial charge on any atom is -0.489 e. The lowest BCUT2D eigenvalue weighted by Crippen LogP contribution is -2.35. The van der Waals surface area contributed by atoms with Gasteiger partial charge < -0.3 is 14.8 Å². The van der Waals surface area contributed by atoms with Crippen molar-refractivity contribution < 1.29 is 22.7 Å². The first-order chi connectivity index (χ1) is 15.4. The molecule has 3 aromatic carbocycles. The highest BCUT2D eigenvalue weighted by Crippen LogP contribution is 2.34. The Morgan fingerprint density at radius 1 is 1.03 bits per heavy atom. The van der Waals surface area contributed by atoms with E-state index in [1.165, 1.54) is 4.31 Å². The van der Waals surface area contributed by atoms with Crippen LogP contribution in [0.1, 0.15) is 12.0 Å². The van der Waals surface area contributed by atoms with Gasteiger partial charge in [0.1, 0.15) is 18.1 Å². The molecule has 1 heterocycles. The molecule has 0 bridgehead atoms. The molecule has 0 fully saturated rings. The van der Waals surface area contributed by atoms with Crippen molar-refractivity contribution in [3.8, 4) is 11.5 Å². The number of nitrogens with one attached hydrogen (secondary N) is 1. The van der Waals surface area contributed by atoms with Gasteiger partial charge in [-0.3, -0.25) is 9.10 Å². The second kappa shape index (κ2) is 9.32. The van der Waals surface area contributed by atoms with Gasteiger partial charge in [-0.05, 0) is 42.0 Å². The summed E-state index contributed by atoms with van der Waals surface area (Å²) in [4.78, 5) is 12.8. The quantitative estimate of drug-likeness (QED) is 0.615. The first-order valence-corrected chi connectivity index (χ1v) is 12.1. The minimum atomic E-state index is -3.49. The first-order valence-electron chi connectivity index (χ1n) is 10.2. The van der Waals surface area contributed by atoms with Gasteiger partial charge in [0.15, 0.2) is 6.10 Å². The summed E-state index contributed by atoms with van der Waals surface area (Å²) in [6, 6.07) is 23.8. The van der Waals surface area contributed by atoms with Gasteiger partial charge in [-0.1, -0.05) is 42.5 Å². The van der Waals surface area contributed by atoms with E-state index in [-0.39, 0.29) is 18.9 Å². The third-order valence-corrected chi connectivity index (χ3v) is 6.24. The van der Waals surface area contributed by atoms with Crippen LogP contribution in [-0.2, 0) is 21.4 Å². The standard InChI is InChI=1S/C24H24N2O5S/c1-32(28,29)26-16-15-23(31-22-10-6-5-9-21(22)26)24(27)25-19-11-13-20(14-12-19)30-17-18-7-3-2-4-8-18/h2-14,23H,15-17H2,1H3,(H,25,27)/t23-/m1/s1. The maximum Gasteiger partial charge on any atom is 0.265 e. The number of amides is 1. The van der Waals surface area contributed by atoms with E-state index in [0.29, 0.717) is 29.5 Å². The third-order valence-electron chi connectivity index (χ3n) is 5.06. The van der Waals surface area contributed by atoms with Crippen LogP contribution in [0.4, 0.5) is 11.4 Å². The number of fused-ring (bicyclic) bond motifs is 1. The lowest BCUT2D eigenvalue weighted by Gasteiger charge is -2.20. The van der Waals surface area contributed by atoms with E-state index in [4.69, 9.17) is 9.47 Å². The summed E-state index contributed by atoms with van der Waals surface area (Å²) < 4.78 is 37.3. The van der Waals surface area contributed by atoms with Gasteiger partial charge in [0, 0.05) is 18.7 Å². The van der Waals surface area contributed by atoms with E-state index in [0.717, 1.165) is 11.8 Å². The number of ether oxygens (including phenoxy) is 2. The fourth-order valence-electron chi connectivity index (χ4n) is 3.46. The summed E-state index contributed by atoms with van der Waals surface area (Å²) in [6.07, 6.45) is 0.550. The zero-order valence-corrected chi connectivity index (χ0v) is 18.4. The second-order valence-electron chi connectivity index (χ2n) is 7.49. The number of hydrogen-bond donors (Lipinski definition) is 1. The zero-order chi connectivity index (χ0) is 22.6. The molecule has 0 saturated heterocycles. The summed E-state index contributed by atoms with van der Waals surface area (Å²) >= 11 is 0. The molecule has 32 heavy (non-hydrogen) atoms. The van der Waals surface area contributed by atoms with Crippen LogP contribution < -0.4 is 19.1 Å². The zero-order valence-electron chi connectivity index (χ0n) is 17.6. The van der Waals surface area contributed by atoms with Crippen LogP contribution in [0.15, 0.2) is 78.9 Å². The molecule has 0 radical (unpaired) electrons. The van der Waals surface area contributed by atoms with Crippen molar-refractivity contribution in [3.63, 3.8) is 0 Å². The molecule has 1 aliphatic heterocycles. The van der Waals surface area contributed by atoms with Gasteiger partial charge in [-0.2, -0.15) is 0 Å².